The van der Waals surface area contributed by atoms with Gasteiger partial charge in [-0.1, -0.05) is 0 Å². The molecule has 2 fully saturated rings. The first kappa shape index (κ1) is 13.5. The van der Waals surface area contributed by atoms with Crippen molar-refractivity contribution in [2.75, 3.05) is 31.1 Å². The van der Waals surface area contributed by atoms with Crippen molar-refractivity contribution in [1.29, 1.82) is 0 Å². The Balaban J connectivity index is 1.23. The molecule has 0 radical (unpaired) electrons. The Morgan fingerprint density at radius 1 is 1.24 bits per heavy atom. The molecule has 2 heterocycles. The van der Waals surface area contributed by atoms with E-state index in [0.717, 1.165) is 57.7 Å². The van der Waals surface area contributed by atoms with E-state index in [0.29, 0.717) is 5.92 Å². The largest absolute Gasteiger partial charge is 0.389 e. The first-order valence-corrected chi connectivity index (χ1v) is 8.25. The van der Waals surface area contributed by atoms with Crippen molar-refractivity contribution >= 4 is 5.82 Å². The number of aryl methyl sites for hydroxylation is 2. The number of nitrogens with one attached hydrogen (secondary N) is 1. The van der Waals surface area contributed by atoms with Gasteiger partial charge in [0.2, 0.25) is 0 Å². The zero-order chi connectivity index (χ0) is 14.3. The molecule has 2 N–H and O–H groups in total. The Morgan fingerprint density at radius 3 is 2.86 bits per heavy atom. The zero-order valence-electron chi connectivity index (χ0n) is 12.5. The summed E-state index contributed by atoms with van der Waals surface area (Å²) in [6.07, 6.45) is 6.58. The summed E-state index contributed by atoms with van der Waals surface area (Å²) in [7, 11) is 0. The van der Waals surface area contributed by atoms with Crippen LogP contribution >= 0.6 is 0 Å². The summed E-state index contributed by atoms with van der Waals surface area (Å²) in [5.41, 5.74) is 2.19. The maximum Gasteiger partial charge on any atom is 0.151 e. The molecule has 2 aliphatic carbocycles. The topological polar surface area (TPSA) is 61.3 Å². The van der Waals surface area contributed by atoms with E-state index in [1.165, 1.54) is 24.1 Å². The molecule has 21 heavy (non-hydrogen) atoms. The molecule has 0 aromatic carbocycles. The van der Waals surface area contributed by atoms with Gasteiger partial charge in [0, 0.05) is 32.1 Å². The van der Waals surface area contributed by atoms with E-state index in [4.69, 9.17) is 0 Å². The fourth-order valence-electron chi connectivity index (χ4n) is 3.63. The van der Waals surface area contributed by atoms with Crippen LogP contribution < -0.4 is 10.2 Å². The average molecular weight is 288 g/mol. The van der Waals surface area contributed by atoms with Gasteiger partial charge in [0.05, 0.1) is 11.3 Å². The Morgan fingerprint density at radius 2 is 2.10 bits per heavy atom. The van der Waals surface area contributed by atoms with E-state index in [2.05, 4.69) is 26.5 Å². The minimum atomic E-state index is -0.408. The quantitative estimate of drug-likeness (QED) is 0.843. The molecular weight excluding hydrogens is 264 g/mol. The van der Waals surface area contributed by atoms with E-state index in [9.17, 15) is 5.11 Å². The molecule has 3 aliphatic rings. The fourth-order valence-corrected chi connectivity index (χ4v) is 3.63. The van der Waals surface area contributed by atoms with Gasteiger partial charge in [-0.25, -0.2) is 0 Å². The van der Waals surface area contributed by atoms with Crippen LogP contribution in [0.5, 0.6) is 0 Å². The molecule has 0 amide bonds. The number of hydrogen-bond donors (Lipinski definition) is 2. The van der Waals surface area contributed by atoms with Crippen LogP contribution in [0.4, 0.5) is 5.82 Å². The van der Waals surface area contributed by atoms with Crippen LogP contribution in [0.25, 0.3) is 0 Å². The SMILES string of the molecule is OC1(CNCC2CN(c3cc4c(nn3)CCC4)C2)CCC1. The van der Waals surface area contributed by atoms with Crippen LogP contribution in [-0.4, -0.2) is 47.1 Å². The Labute approximate surface area is 125 Å². The van der Waals surface area contributed by atoms with Crippen LogP contribution in [0.3, 0.4) is 0 Å². The lowest BCUT2D eigenvalue weighted by Crippen LogP contribution is -2.54. The van der Waals surface area contributed by atoms with E-state index in [1.807, 2.05) is 0 Å². The maximum atomic E-state index is 10.0. The number of nitrogens with zero attached hydrogens (tertiary/aromatic N) is 3. The summed E-state index contributed by atoms with van der Waals surface area (Å²) in [5, 5.41) is 22.2. The summed E-state index contributed by atoms with van der Waals surface area (Å²) < 4.78 is 0. The lowest BCUT2D eigenvalue weighted by molar-refractivity contribution is -0.0318. The number of aliphatic hydroxyl groups is 1. The van der Waals surface area contributed by atoms with Gasteiger partial charge < -0.3 is 15.3 Å². The zero-order valence-corrected chi connectivity index (χ0v) is 12.5. The summed E-state index contributed by atoms with van der Waals surface area (Å²) in [4.78, 5) is 2.32. The van der Waals surface area contributed by atoms with Gasteiger partial charge in [-0.15, -0.1) is 5.10 Å². The van der Waals surface area contributed by atoms with Gasteiger partial charge in [-0.3, -0.25) is 0 Å². The van der Waals surface area contributed by atoms with Crippen LogP contribution in [0, 0.1) is 5.92 Å². The molecule has 1 aromatic heterocycles. The molecule has 4 rings (SSSR count). The molecule has 1 aliphatic heterocycles. The standard InChI is InChI=1S/C16H24N4O/c21-16(5-2-6-16)11-17-8-12-9-20(10-12)15-7-13-3-1-4-14(13)18-19-15/h7,12,17,21H,1-6,8-11H2. The Hall–Kier alpha value is -1.20. The smallest absolute Gasteiger partial charge is 0.151 e. The number of hydrogen-bond acceptors (Lipinski definition) is 5. The third-order valence-electron chi connectivity index (χ3n) is 5.26. The van der Waals surface area contributed by atoms with Crippen molar-refractivity contribution in [2.45, 2.75) is 44.1 Å². The van der Waals surface area contributed by atoms with Gasteiger partial charge >= 0.3 is 0 Å². The van der Waals surface area contributed by atoms with Gasteiger partial charge in [0.25, 0.3) is 0 Å². The van der Waals surface area contributed by atoms with Gasteiger partial charge in [-0.2, -0.15) is 5.10 Å². The molecule has 0 atom stereocenters. The number of anilines is 1. The highest BCUT2D eigenvalue weighted by molar-refractivity contribution is 5.45. The second-order valence-electron chi connectivity index (χ2n) is 7.01. The van der Waals surface area contributed by atoms with Crippen LogP contribution in [0.15, 0.2) is 6.07 Å². The third-order valence-corrected chi connectivity index (χ3v) is 5.26. The van der Waals surface area contributed by atoms with Crippen molar-refractivity contribution in [3.8, 4) is 0 Å². The Kier molecular flexibility index (Phi) is 3.34. The predicted octanol–water partition coefficient (Wildman–Crippen LogP) is 0.906. The second kappa shape index (κ2) is 5.21. The van der Waals surface area contributed by atoms with Gasteiger partial charge in [0.1, 0.15) is 0 Å². The monoisotopic (exact) mass is 288 g/mol. The molecule has 1 aromatic rings. The number of fused-ring (bicyclic) bond motifs is 1. The minimum Gasteiger partial charge on any atom is -0.389 e. The molecule has 5 heteroatoms. The molecule has 1 saturated carbocycles. The van der Waals surface area contributed by atoms with Crippen molar-refractivity contribution in [2.24, 2.45) is 5.92 Å². The van der Waals surface area contributed by atoms with Crippen LogP contribution in [-0.2, 0) is 12.8 Å². The van der Waals surface area contributed by atoms with Crippen molar-refractivity contribution < 1.29 is 5.11 Å². The van der Waals surface area contributed by atoms with Crippen molar-refractivity contribution in [3.63, 3.8) is 0 Å². The summed E-state index contributed by atoms with van der Waals surface area (Å²) in [6, 6.07) is 2.23. The average Bonchev–Trinajstić information content (AvgIpc) is 2.86. The van der Waals surface area contributed by atoms with Gasteiger partial charge in [-0.05, 0) is 50.2 Å². The van der Waals surface area contributed by atoms with E-state index < -0.39 is 5.60 Å². The van der Waals surface area contributed by atoms with Crippen molar-refractivity contribution in [1.82, 2.24) is 15.5 Å². The second-order valence-corrected chi connectivity index (χ2v) is 7.01. The number of rotatable bonds is 5. The number of aromatic nitrogens is 2. The molecule has 1 saturated heterocycles. The normalized spacial score (nSPS) is 23.6. The highest BCUT2D eigenvalue weighted by Gasteiger charge is 2.35. The summed E-state index contributed by atoms with van der Waals surface area (Å²) in [5.74, 6) is 1.72. The van der Waals surface area contributed by atoms with E-state index >= 15 is 0 Å². The van der Waals surface area contributed by atoms with Crippen LogP contribution in [0.1, 0.15) is 36.9 Å². The van der Waals surface area contributed by atoms with Gasteiger partial charge in [0.15, 0.2) is 5.82 Å². The maximum absolute atomic E-state index is 10.0. The lowest BCUT2D eigenvalue weighted by Gasteiger charge is -2.41. The minimum absolute atomic E-state index is 0.408. The lowest BCUT2D eigenvalue weighted by atomic mass is 9.80. The molecule has 5 nitrogen and oxygen atoms in total. The molecule has 0 spiro atoms. The molecule has 0 bridgehead atoms. The summed E-state index contributed by atoms with van der Waals surface area (Å²) >= 11 is 0. The summed E-state index contributed by atoms with van der Waals surface area (Å²) in [6.45, 7) is 3.86. The van der Waals surface area contributed by atoms with Crippen LogP contribution in [0.2, 0.25) is 0 Å². The fraction of sp³-hybridized carbons (Fsp3) is 0.750. The predicted molar refractivity (Wildman–Crippen MR) is 81.4 cm³/mol. The van der Waals surface area contributed by atoms with E-state index in [1.54, 1.807) is 0 Å². The first-order chi connectivity index (χ1) is 10.2. The van der Waals surface area contributed by atoms with Crippen molar-refractivity contribution in [3.05, 3.63) is 17.3 Å². The highest BCUT2D eigenvalue weighted by atomic mass is 16.3. The molecular formula is C16H24N4O. The van der Waals surface area contributed by atoms with E-state index in [-0.39, 0.29) is 0 Å². The Bertz CT molecular complexity index is 523. The third kappa shape index (κ3) is 2.64. The highest BCUT2D eigenvalue weighted by Crippen LogP contribution is 2.31. The molecule has 0 unspecified atom stereocenters. The first-order valence-electron chi connectivity index (χ1n) is 8.25. The molecule has 114 valence electrons.